The second-order valence-corrected chi connectivity index (χ2v) is 6.16. The Morgan fingerprint density at radius 3 is 2.24 bits per heavy atom. The molecular weight excluding hydrogens is 266 g/mol. The van der Waals surface area contributed by atoms with Crippen LogP contribution in [-0.2, 0) is 14.3 Å². The van der Waals surface area contributed by atoms with Gasteiger partial charge in [-0.15, -0.1) is 0 Å². The summed E-state index contributed by atoms with van der Waals surface area (Å²) in [6.45, 7) is 7.84. The summed E-state index contributed by atoms with van der Waals surface area (Å²) in [5.74, 6) is 0.256. The molecule has 4 nitrogen and oxygen atoms in total. The number of carbonyl (C=O) groups is 2. The van der Waals surface area contributed by atoms with Crippen molar-refractivity contribution >= 4 is 17.6 Å². The molecule has 21 heavy (non-hydrogen) atoms. The average Bonchev–Trinajstić information content (AvgIpc) is 3.16. The Balaban J connectivity index is 1.86. The van der Waals surface area contributed by atoms with Crippen molar-refractivity contribution in [2.24, 2.45) is 11.8 Å². The molecule has 1 N–H and O–H groups in total. The largest absolute Gasteiger partial charge is 0.452 e. The lowest BCUT2D eigenvalue weighted by molar-refractivity contribution is -0.154. The van der Waals surface area contributed by atoms with Gasteiger partial charge in [0.15, 0.2) is 6.10 Å². The Hall–Kier alpha value is -1.84. The van der Waals surface area contributed by atoms with Gasteiger partial charge in [0.25, 0.3) is 5.91 Å². The summed E-state index contributed by atoms with van der Waals surface area (Å²) in [7, 11) is 0. The summed E-state index contributed by atoms with van der Waals surface area (Å²) >= 11 is 0. The first kappa shape index (κ1) is 15.5. The van der Waals surface area contributed by atoms with Crippen molar-refractivity contribution in [3.63, 3.8) is 0 Å². The van der Waals surface area contributed by atoms with Crippen LogP contribution in [0.25, 0.3) is 0 Å². The fraction of sp³-hybridized carbons (Fsp3) is 0.529. The molecule has 1 aliphatic rings. The molecule has 1 aromatic rings. The Kier molecular flexibility index (Phi) is 4.66. The van der Waals surface area contributed by atoms with E-state index < -0.39 is 6.10 Å². The van der Waals surface area contributed by atoms with Crippen molar-refractivity contribution in [2.75, 3.05) is 5.32 Å². The van der Waals surface area contributed by atoms with E-state index in [0.29, 0.717) is 17.5 Å². The third-order valence-corrected chi connectivity index (χ3v) is 3.92. The molecule has 1 saturated carbocycles. The molecule has 0 bridgehead atoms. The van der Waals surface area contributed by atoms with Gasteiger partial charge in [-0.25, -0.2) is 0 Å². The van der Waals surface area contributed by atoms with Gasteiger partial charge in [0.05, 0.1) is 5.92 Å². The zero-order chi connectivity index (χ0) is 15.6. The van der Waals surface area contributed by atoms with Gasteiger partial charge >= 0.3 is 5.97 Å². The molecule has 1 fully saturated rings. The third-order valence-electron chi connectivity index (χ3n) is 3.92. The fourth-order valence-electron chi connectivity index (χ4n) is 2.16. The molecule has 1 aromatic carbocycles. The predicted octanol–water partition coefficient (Wildman–Crippen LogP) is 3.34. The van der Waals surface area contributed by atoms with Crippen LogP contribution in [0.4, 0.5) is 5.69 Å². The number of rotatable bonds is 5. The van der Waals surface area contributed by atoms with Crippen molar-refractivity contribution in [3.8, 4) is 0 Å². The van der Waals surface area contributed by atoms with E-state index in [-0.39, 0.29) is 17.8 Å². The lowest BCUT2D eigenvalue weighted by Crippen LogP contribution is -2.30. The predicted molar refractivity (Wildman–Crippen MR) is 82.0 cm³/mol. The first-order valence-electron chi connectivity index (χ1n) is 7.49. The summed E-state index contributed by atoms with van der Waals surface area (Å²) in [6.07, 6.45) is 0.0965. The van der Waals surface area contributed by atoms with Gasteiger partial charge in [-0.2, -0.15) is 0 Å². The SMILES string of the molecule is CC(C)c1ccc(NC(=O)[C@H](C)OC(=O)[C@@H]2C[C@H]2C)cc1. The molecule has 2 rings (SSSR count). The fourth-order valence-corrected chi connectivity index (χ4v) is 2.16. The minimum atomic E-state index is -0.768. The second-order valence-electron chi connectivity index (χ2n) is 6.16. The van der Waals surface area contributed by atoms with Crippen molar-refractivity contribution < 1.29 is 14.3 Å². The van der Waals surface area contributed by atoms with Crippen LogP contribution in [0.15, 0.2) is 24.3 Å². The summed E-state index contributed by atoms with van der Waals surface area (Å²) < 4.78 is 5.19. The molecule has 0 radical (unpaired) electrons. The Morgan fingerprint density at radius 2 is 1.76 bits per heavy atom. The Labute approximate surface area is 125 Å². The van der Waals surface area contributed by atoms with E-state index in [4.69, 9.17) is 4.74 Å². The number of ether oxygens (including phenoxy) is 1. The van der Waals surface area contributed by atoms with Crippen molar-refractivity contribution in [1.82, 2.24) is 0 Å². The molecular formula is C17H23NO3. The van der Waals surface area contributed by atoms with Gasteiger partial charge in [-0.3, -0.25) is 9.59 Å². The highest BCUT2D eigenvalue weighted by Crippen LogP contribution is 2.38. The maximum Gasteiger partial charge on any atom is 0.309 e. The quantitative estimate of drug-likeness (QED) is 0.846. The molecule has 0 heterocycles. The molecule has 114 valence electrons. The lowest BCUT2D eigenvalue weighted by Gasteiger charge is -2.14. The van der Waals surface area contributed by atoms with E-state index in [1.165, 1.54) is 5.56 Å². The molecule has 0 saturated heterocycles. The van der Waals surface area contributed by atoms with Gasteiger partial charge in [0, 0.05) is 5.69 Å². The van der Waals surface area contributed by atoms with Crippen LogP contribution in [0.2, 0.25) is 0 Å². The van der Waals surface area contributed by atoms with Crippen molar-refractivity contribution in [1.29, 1.82) is 0 Å². The average molecular weight is 289 g/mol. The number of hydrogen-bond donors (Lipinski definition) is 1. The minimum absolute atomic E-state index is 0.0226. The Morgan fingerprint density at radius 1 is 1.19 bits per heavy atom. The van der Waals surface area contributed by atoms with Gasteiger partial charge in [0.1, 0.15) is 0 Å². The van der Waals surface area contributed by atoms with E-state index in [1.54, 1.807) is 6.92 Å². The highest BCUT2D eigenvalue weighted by atomic mass is 16.5. The molecule has 0 aliphatic heterocycles. The molecule has 1 amide bonds. The van der Waals surface area contributed by atoms with Crippen LogP contribution >= 0.6 is 0 Å². The summed E-state index contributed by atoms with van der Waals surface area (Å²) in [6, 6.07) is 7.71. The van der Waals surface area contributed by atoms with Gasteiger partial charge < -0.3 is 10.1 Å². The minimum Gasteiger partial charge on any atom is -0.452 e. The van der Waals surface area contributed by atoms with E-state index >= 15 is 0 Å². The lowest BCUT2D eigenvalue weighted by atomic mass is 10.0. The van der Waals surface area contributed by atoms with Crippen LogP contribution in [0.1, 0.15) is 45.6 Å². The number of amides is 1. The van der Waals surface area contributed by atoms with E-state index in [0.717, 1.165) is 6.42 Å². The van der Waals surface area contributed by atoms with E-state index in [1.807, 2.05) is 31.2 Å². The molecule has 3 atom stereocenters. The number of anilines is 1. The topological polar surface area (TPSA) is 55.4 Å². The highest BCUT2D eigenvalue weighted by Gasteiger charge is 2.41. The first-order chi connectivity index (χ1) is 9.88. The summed E-state index contributed by atoms with van der Waals surface area (Å²) in [4.78, 5) is 23.7. The van der Waals surface area contributed by atoms with Crippen LogP contribution in [-0.4, -0.2) is 18.0 Å². The third kappa shape index (κ3) is 4.06. The van der Waals surface area contributed by atoms with E-state index in [2.05, 4.69) is 19.2 Å². The van der Waals surface area contributed by atoms with Gasteiger partial charge in [-0.1, -0.05) is 32.9 Å². The van der Waals surface area contributed by atoms with Crippen LogP contribution in [0.3, 0.4) is 0 Å². The normalized spacial score (nSPS) is 21.8. The molecule has 0 unspecified atom stereocenters. The zero-order valence-corrected chi connectivity index (χ0v) is 13.1. The number of hydrogen-bond acceptors (Lipinski definition) is 3. The highest BCUT2D eigenvalue weighted by molar-refractivity contribution is 5.95. The van der Waals surface area contributed by atoms with Crippen molar-refractivity contribution in [2.45, 2.75) is 46.1 Å². The maximum absolute atomic E-state index is 12.0. The van der Waals surface area contributed by atoms with Crippen molar-refractivity contribution in [3.05, 3.63) is 29.8 Å². The maximum atomic E-state index is 12.0. The standard InChI is InChI=1S/C17H23NO3/c1-10(2)13-5-7-14(8-6-13)18-16(19)12(4)21-17(20)15-9-11(15)3/h5-8,10-12,15H,9H2,1-4H3,(H,18,19)/t11-,12+,15-/m1/s1. The van der Waals surface area contributed by atoms with Crippen LogP contribution in [0.5, 0.6) is 0 Å². The second kappa shape index (κ2) is 6.29. The number of nitrogens with one attached hydrogen (secondary N) is 1. The number of benzene rings is 1. The molecule has 4 heteroatoms. The zero-order valence-electron chi connectivity index (χ0n) is 13.1. The Bertz CT molecular complexity index is 521. The molecule has 0 aromatic heterocycles. The first-order valence-corrected chi connectivity index (χ1v) is 7.49. The van der Waals surface area contributed by atoms with Gasteiger partial charge in [-0.05, 0) is 42.9 Å². The van der Waals surface area contributed by atoms with Gasteiger partial charge in [0.2, 0.25) is 0 Å². The van der Waals surface area contributed by atoms with Crippen LogP contribution in [0, 0.1) is 11.8 Å². The molecule has 0 spiro atoms. The summed E-state index contributed by atoms with van der Waals surface area (Å²) in [5.41, 5.74) is 1.93. The number of carbonyl (C=O) groups excluding carboxylic acids is 2. The molecule has 1 aliphatic carbocycles. The van der Waals surface area contributed by atoms with E-state index in [9.17, 15) is 9.59 Å². The van der Waals surface area contributed by atoms with Crippen LogP contribution < -0.4 is 5.32 Å². The monoisotopic (exact) mass is 289 g/mol. The smallest absolute Gasteiger partial charge is 0.309 e. The summed E-state index contributed by atoms with van der Waals surface area (Å²) in [5, 5.41) is 2.77. The number of esters is 1.